The molecule has 0 bridgehead atoms. The van der Waals surface area contributed by atoms with Crippen LogP contribution >= 0.6 is 0 Å². The monoisotopic (exact) mass is 263 g/mol. The summed E-state index contributed by atoms with van der Waals surface area (Å²) in [5.41, 5.74) is 1.02. The van der Waals surface area contributed by atoms with Crippen LogP contribution in [-0.2, 0) is 6.54 Å². The predicted molar refractivity (Wildman–Crippen MR) is 72.6 cm³/mol. The first-order valence-corrected chi connectivity index (χ1v) is 6.98. The maximum atomic E-state index is 5.57. The molecule has 0 radical (unpaired) electrons. The van der Waals surface area contributed by atoms with E-state index in [1.54, 1.807) is 6.20 Å². The first-order chi connectivity index (χ1) is 9.31. The van der Waals surface area contributed by atoms with Crippen molar-refractivity contribution in [3.63, 3.8) is 0 Å². The highest BCUT2D eigenvalue weighted by Crippen LogP contribution is 2.29. The molecule has 0 unspecified atom stereocenters. The van der Waals surface area contributed by atoms with Gasteiger partial charge in [-0.2, -0.15) is 0 Å². The second-order valence-corrected chi connectivity index (χ2v) is 5.28. The zero-order chi connectivity index (χ0) is 13.1. The third-order valence-electron chi connectivity index (χ3n) is 3.78. The number of piperidine rings is 1. The molecule has 0 spiro atoms. The second kappa shape index (κ2) is 5.75. The summed E-state index contributed by atoms with van der Waals surface area (Å²) in [4.78, 5) is 6.79. The Labute approximate surface area is 113 Å². The quantitative estimate of drug-likeness (QED) is 0.883. The molecule has 0 aliphatic carbocycles. The highest BCUT2D eigenvalue weighted by molar-refractivity contribution is 5.39. The Morgan fingerprint density at radius 2 is 2.00 bits per heavy atom. The van der Waals surface area contributed by atoms with Crippen LogP contribution in [0.3, 0.4) is 0 Å². The molecule has 1 aromatic heterocycles. The van der Waals surface area contributed by atoms with Crippen molar-refractivity contribution in [2.24, 2.45) is 0 Å². The highest BCUT2D eigenvalue weighted by atomic mass is 16.6. The van der Waals surface area contributed by atoms with Crippen molar-refractivity contribution < 1.29 is 9.47 Å². The van der Waals surface area contributed by atoms with E-state index in [2.05, 4.69) is 22.2 Å². The molecule has 3 heterocycles. The van der Waals surface area contributed by atoms with E-state index in [1.807, 2.05) is 6.07 Å². The van der Waals surface area contributed by atoms with Crippen LogP contribution in [0.4, 0.5) is 0 Å². The Kier molecular flexibility index (Phi) is 3.84. The topological polar surface area (TPSA) is 46.6 Å². The van der Waals surface area contributed by atoms with E-state index in [9.17, 15) is 0 Å². The number of nitrogens with zero attached hydrogens (tertiary/aromatic N) is 2. The van der Waals surface area contributed by atoms with E-state index in [4.69, 9.17) is 9.47 Å². The average Bonchev–Trinajstić information content (AvgIpc) is 2.46. The van der Waals surface area contributed by atoms with Crippen LogP contribution in [0, 0.1) is 0 Å². The van der Waals surface area contributed by atoms with Crippen molar-refractivity contribution >= 4 is 0 Å². The van der Waals surface area contributed by atoms with Gasteiger partial charge in [0.05, 0.1) is 11.9 Å². The van der Waals surface area contributed by atoms with Crippen molar-refractivity contribution in [2.45, 2.75) is 25.4 Å². The second-order valence-electron chi connectivity index (χ2n) is 5.28. The maximum absolute atomic E-state index is 5.57. The van der Waals surface area contributed by atoms with Gasteiger partial charge in [-0.25, -0.2) is 0 Å². The normalized spacial score (nSPS) is 20.5. The number of fused-ring (bicyclic) bond motifs is 1. The van der Waals surface area contributed by atoms with E-state index in [-0.39, 0.29) is 0 Å². The summed E-state index contributed by atoms with van der Waals surface area (Å²) in [5, 5.41) is 3.58. The van der Waals surface area contributed by atoms with Gasteiger partial charge in [0, 0.05) is 18.7 Å². The lowest BCUT2D eigenvalue weighted by atomic mass is 10.1. The number of hydrogen-bond donors (Lipinski definition) is 1. The van der Waals surface area contributed by atoms with Gasteiger partial charge in [-0.05, 0) is 33.0 Å². The maximum Gasteiger partial charge on any atom is 0.179 e. The molecule has 0 saturated carbocycles. The highest BCUT2D eigenvalue weighted by Gasteiger charge is 2.17. The van der Waals surface area contributed by atoms with E-state index in [0.717, 1.165) is 23.7 Å². The van der Waals surface area contributed by atoms with Gasteiger partial charge < -0.3 is 19.7 Å². The Morgan fingerprint density at radius 1 is 1.26 bits per heavy atom. The van der Waals surface area contributed by atoms with Gasteiger partial charge in [0.15, 0.2) is 11.5 Å². The van der Waals surface area contributed by atoms with Crippen molar-refractivity contribution in [2.75, 3.05) is 33.4 Å². The fourth-order valence-electron chi connectivity index (χ4n) is 2.55. The Morgan fingerprint density at radius 3 is 2.79 bits per heavy atom. The molecule has 3 rings (SSSR count). The summed E-state index contributed by atoms with van der Waals surface area (Å²) >= 11 is 0. The Balaban J connectivity index is 1.55. The molecule has 0 atom stereocenters. The molecule has 2 aliphatic heterocycles. The smallest absolute Gasteiger partial charge is 0.179 e. The minimum Gasteiger partial charge on any atom is -0.486 e. The number of likely N-dealkylation sites (tertiary alicyclic amines) is 1. The summed E-state index contributed by atoms with van der Waals surface area (Å²) < 4.78 is 11.0. The molecule has 1 fully saturated rings. The van der Waals surface area contributed by atoms with Crippen LogP contribution in [0.2, 0.25) is 0 Å². The van der Waals surface area contributed by atoms with Crippen molar-refractivity contribution in [3.8, 4) is 11.5 Å². The van der Waals surface area contributed by atoms with Gasteiger partial charge in [-0.3, -0.25) is 4.98 Å². The first kappa shape index (κ1) is 12.7. The Bertz CT molecular complexity index is 431. The molecule has 1 saturated heterocycles. The lowest BCUT2D eigenvalue weighted by Crippen LogP contribution is -2.40. The number of ether oxygens (including phenoxy) is 2. The van der Waals surface area contributed by atoms with Gasteiger partial charge in [0.2, 0.25) is 0 Å². The SMILES string of the molecule is CN1CCC(NCc2cc3c(cn2)OCCO3)CC1. The largest absolute Gasteiger partial charge is 0.486 e. The molecule has 1 aromatic rings. The third-order valence-corrected chi connectivity index (χ3v) is 3.78. The Hall–Kier alpha value is -1.33. The molecule has 1 N–H and O–H groups in total. The minimum atomic E-state index is 0.603. The van der Waals surface area contributed by atoms with Crippen LogP contribution in [0.15, 0.2) is 12.3 Å². The third kappa shape index (κ3) is 3.16. The van der Waals surface area contributed by atoms with E-state index in [1.165, 1.54) is 25.9 Å². The van der Waals surface area contributed by atoms with E-state index in [0.29, 0.717) is 19.3 Å². The predicted octanol–water partition coefficient (Wildman–Crippen LogP) is 1.04. The molecular formula is C14H21N3O2. The lowest BCUT2D eigenvalue weighted by molar-refractivity contribution is 0.170. The van der Waals surface area contributed by atoms with Gasteiger partial charge in [0.25, 0.3) is 0 Å². The van der Waals surface area contributed by atoms with Crippen LogP contribution in [0.5, 0.6) is 11.5 Å². The minimum absolute atomic E-state index is 0.603. The van der Waals surface area contributed by atoms with Crippen LogP contribution in [0.25, 0.3) is 0 Å². The van der Waals surface area contributed by atoms with E-state index < -0.39 is 0 Å². The van der Waals surface area contributed by atoms with Crippen LogP contribution in [-0.4, -0.2) is 49.3 Å². The summed E-state index contributed by atoms with van der Waals surface area (Å²) in [6, 6.07) is 2.59. The van der Waals surface area contributed by atoms with E-state index >= 15 is 0 Å². The number of nitrogens with one attached hydrogen (secondary N) is 1. The van der Waals surface area contributed by atoms with Crippen molar-refractivity contribution in [1.82, 2.24) is 15.2 Å². The average molecular weight is 263 g/mol. The summed E-state index contributed by atoms with van der Waals surface area (Å²) in [5.74, 6) is 1.58. The number of hydrogen-bond acceptors (Lipinski definition) is 5. The van der Waals surface area contributed by atoms with Crippen LogP contribution < -0.4 is 14.8 Å². The number of aromatic nitrogens is 1. The van der Waals surface area contributed by atoms with Crippen LogP contribution in [0.1, 0.15) is 18.5 Å². The molecule has 104 valence electrons. The molecule has 19 heavy (non-hydrogen) atoms. The fourth-order valence-corrected chi connectivity index (χ4v) is 2.55. The van der Waals surface area contributed by atoms with Gasteiger partial charge in [-0.1, -0.05) is 0 Å². The number of rotatable bonds is 3. The zero-order valence-corrected chi connectivity index (χ0v) is 11.4. The molecular weight excluding hydrogens is 242 g/mol. The van der Waals surface area contributed by atoms with Crippen molar-refractivity contribution in [3.05, 3.63) is 18.0 Å². The standard InChI is InChI=1S/C14H21N3O2/c1-17-4-2-11(3-5-17)15-9-12-8-13-14(10-16-12)19-7-6-18-13/h8,10-11,15H,2-7,9H2,1H3. The van der Waals surface area contributed by atoms with Gasteiger partial charge >= 0.3 is 0 Å². The molecule has 2 aliphatic rings. The molecule has 5 nitrogen and oxygen atoms in total. The number of pyridine rings is 1. The zero-order valence-electron chi connectivity index (χ0n) is 11.4. The molecule has 0 amide bonds. The summed E-state index contributed by atoms with van der Waals surface area (Å²) in [7, 11) is 2.18. The van der Waals surface area contributed by atoms with Gasteiger partial charge in [-0.15, -0.1) is 0 Å². The fraction of sp³-hybridized carbons (Fsp3) is 0.643. The molecule has 5 heteroatoms. The van der Waals surface area contributed by atoms with Crippen molar-refractivity contribution in [1.29, 1.82) is 0 Å². The first-order valence-electron chi connectivity index (χ1n) is 6.98. The summed E-state index contributed by atoms with van der Waals surface area (Å²) in [6.07, 6.45) is 4.18. The van der Waals surface area contributed by atoms with Gasteiger partial charge in [0.1, 0.15) is 13.2 Å². The summed E-state index contributed by atoms with van der Waals surface area (Å²) in [6.45, 7) is 4.38. The molecule has 0 aromatic carbocycles. The lowest BCUT2D eigenvalue weighted by Gasteiger charge is -2.29.